The van der Waals surface area contributed by atoms with Gasteiger partial charge in [0, 0.05) is 56.5 Å². The molecule has 2 aliphatic heterocycles. The van der Waals surface area contributed by atoms with Crippen LogP contribution in [-0.2, 0) is 42.6 Å². The summed E-state index contributed by atoms with van der Waals surface area (Å²) in [5.41, 5.74) is 0.545. The lowest BCUT2D eigenvalue weighted by molar-refractivity contribution is -0.129. The van der Waals surface area contributed by atoms with E-state index >= 15 is 0 Å². The van der Waals surface area contributed by atoms with E-state index in [9.17, 15) is 29.1 Å². The molecule has 18 heteroatoms. The van der Waals surface area contributed by atoms with Gasteiger partial charge in [-0.15, -0.1) is 23.2 Å². The monoisotopic (exact) mass is 815 g/mol. The van der Waals surface area contributed by atoms with Gasteiger partial charge in [-0.2, -0.15) is 0 Å². The maximum absolute atomic E-state index is 14.3. The standard InChI is InChI=1S/C36H29Cl4N5O9/c1-42-22-13-26(53-3)25(52-2)12-21(22)41-20(32(42)49)7-8-43-33(50)44-9-6-19-23(45(44)34(43)51)14-35(39)30(47)28(37)29(38)31(48)36(35,40)27(19)17-10-16-11-18(46)4-5-24(16)54-15-17/h4-6,11-13,15,23,27,46H,7-10,14H2,1-3H3. The molecule has 4 atom stereocenters. The van der Waals surface area contributed by atoms with E-state index in [0.29, 0.717) is 45.0 Å². The number of allylic oxidation sites excluding steroid dienone is 5. The van der Waals surface area contributed by atoms with Crippen LogP contribution in [0.4, 0.5) is 0 Å². The number of phenolic OH excluding ortho intramolecular Hbond substituents is 1. The molecule has 0 spiro atoms. The number of aryl methyl sites for hydroxylation is 2. The second-order valence-electron chi connectivity index (χ2n) is 13.4. The maximum Gasteiger partial charge on any atom is 0.347 e. The number of carbonyl (C=O) groups excluding carboxylic acids is 2. The lowest BCUT2D eigenvalue weighted by Crippen LogP contribution is -2.68. The third kappa shape index (κ3) is 4.92. The number of aromatic hydroxyl groups is 1. The summed E-state index contributed by atoms with van der Waals surface area (Å²) in [6.07, 6.45) is 2.70. The van der Waals surface area contributed by atoms with E-state index in [1.807, 2.05) is 0 Å². The average Bonchev–Trinajstić information content (AvgIpc) is 3.41. The van der Waals surface area contributed by atoms with Crippen LogP contribution in [0, 0.1) is 5.92 Å². The fourth-order valence-electron chi connectivity index (χ4n) is 8.11. The number of carbonyl (C=O) groups is 2. The highest BCUT2D eigenvalue weighted by Gasteiger charge is 2.72. The molecule has 8 rings (SSSR count). The molecular weight excluding hydrogens is 788 g/mol. The number of halogens is 4. The van der Waals surface area contributed by atoms with E-state index in [4.69, 9.17) is 60.6 Å². The van der Waals surface area contributed by atoms with Crippen LogP contribution in [0.1, 0.15) is 23.7 Å². The van der Waals surface area contributed by atoms with Gasteiger partial charge in [0.05, 0.1) is 44.1 Å². The highest BCUT2D eigenvalue weighted by Crippen LogP contribution is 2.63. The number of ketones is 2. The van der Waals surface area contributed by atoms with Gasteiger partial charge in [-0.25, -0.2) is 28.5 Å². The van der Waals surface area contributed by atoms with Gasteiger partial charge in [0.15, 0.2) is 23.1 Å². The van der Waals surface area contributed by atoms with Crippen molar-refractivity contribution in [2.75, 3.05) is 14.2 Å². The number of methoxy groups -OCH3 is 2. The zero-order valence-electron chi connectivity index (χ0n) is 28.7. The summed E-state index contributed by atoms with van der Waals surface area (Å²) in [5.74, 6) is -1.74. The Balaban J connectivity index is 1.22. The number of hydrogen-bond donors (Lipinski definition) is 1. The van der Waals surface area contributed by atoms with E-state index in [1.165, 1.54) is 46.5 Å². The van der Waals surface area contributed by atoms with Crippen LogP contribution in [0.2, 0.25) is 0 Å². The molecule has 4 unspecified atom stereocenters. The summed E-state index contributed by atoms with van der Waals surface area (Å²) in [4.78, 5) is 69.8. The summed E-state index contributed by atoms with van der Waals surface area (Å²) in [7, 11) is 4.53. The minimum atomic E-state index is -2.24. The van der Waals surface area contributed by atoms with Gasteiger partial charge in [0.2, 0.25) is 0 Å². The van der Waals surface area contributed by atoms with Gasteiger partial charge >= 0.3 is 11.4 Å². The van der Waals surface area contributed by atoms with Gasteiger partial charge in [0.25, 0.3) is 5.56 Å². The van der Waals surface area contributed by atoms with E-state index in [0.717, 1.165) is 4.57 Å². The molecule has 0 bridgehead atoms. The molecule has 54 heavy (non-hydrogen) atoms. The van der Waals surface area contributed by atoms with Crippen molar-refractivity contribution < 1.29 is 28.9 Å². The van der Waals surface area contributed by atoms with E-state index in [1.54, 1.807) is 31.3 Å². The van der Waals surface area contributed by atoms with Crippen molar-refractivity contribution in [1.82, 2.24) is 23.5 Å². The van der Waals surface area contributed by atoms with Gasteiger partial charge in [0.1, 0.15) is 37.0 Å². The first-order valence-corrected chi connectivity index (χ1v) is 18.1. The number of rotatable bonds is 6. The molecular formula is C36H29Cl4N5O9. The highest BCUT2D eigenvalue weighted by molar-refractivity contribution is 6.66. The molecule has 14 nitrogen and oxygen atoms in total. The Morgan fingerprint density at radius 1 is 0.981 bits per heavy atom. The molecule has 0 amide bonds. The molecule has 0 radical (unpaired) electrons. The SMILES string of the molecule is COc1cc2nc(CCn3c(=O)n4n(c3=O)C3CC5(Cl)C(=O)C(Cl)=C(Cl)C(=O)C5(Cl)C(C5=COc6ccc(O)cc6C5)C3=CC4)c(=O)n(C)c2cc1OC. The number of nitrogens with zero attached hydrogens (tertiary/aromatic N) is 5. The Morgan fingerprint density at radius 2 is 1.69 bits per heavy atom. The Morgan fingerprint density at radius 3 is 2.41 bits per heavy atom. The minimum Gasteiger partial charge on any atom is -0.508 e. The van der Waals surface area contributed by atoms with E-state index in [2.05, 4.69) is 4.98 Å². The van der Waals surface area contributed by atoms with Crippen molar-refractivity contribution in [3.63, 3.8) is 0 Å². The lowest BCUT2D eigenvalue weighted by atomic mass is 9.58. The van der Waals surface area contributed by atoms with Crippen LogP contribution in [-0.4, -0.2) is 64.1 Å². The number of phenols is 1. The first-order valence-electron chi connectivity index (χ1n) is 16.6. The van der Waals surface area contributed by atoms with Crippen molar-refractivity contribution in [2.45, 2.75) is 48.1 Å². The summed E-state index contributed by atoms with van der Waals surface area (Å²) in [6.45, 7) is -0.329. The van der Waals surface area contributed by atoms with Crippen molar-refractivity contribution in [2.24, 2.45) is 13.0 Å². The van der Waals surface area contributed by atoms with Crippen LogP contribution in [0.3, 0.4) is 0 Å². The Hall–Kier alpha value is -4.76. The number of aromatic nitrogens is 5. The summed E-state index contributed by atoms with van der Waals surface area (Å²) < 4.78 is 21.5. The Bertz CT molecular complexity index is 2650. The normalized spacial score (nSPS) is 24.6. The second-order valence-corrected chi connectivity index (χ2v) is 15.4. The lowest BCUT2D eigenvalue weighted by Gasteiger charge is -2.55. The molecule has 280 valence electrons. The Kier molecular flexibility index (Phi) is 8.49. The third-order valence-electron chi connectivity index (χ3n) is 10.8. The van der Waals surface area contributed by atoms with Gasteiger partial charge in [-0.3, -0.25) is 14.4 Å². The average molecular weight is 817 g/mol. The zero-order chi connectivity index (χ0) is 38.6. The van der Waals surface area contributed by atoms with Crippen molar-refractivity contribution in [3.8, 4) is 23.0 Å². The molecule has 1 saturated carbocycles. The molecule has 0 saturated heterocycles. The molecule has 4 aliphatic rings. The Labute approximate surface area is 324 Å². The first kappa shape index (κ1) is 36.2. The van der Waals surface area contributed by atoms with Gasteiger partial charge in [-0.05, 0) is 29.3 Å². The molecule has 4 aromatic rings. The molecule has 1 fully saturated rings. The molecule has 2 aromatic heterocycles. The fraction of sp³-hybridized carbons (Fsp3) is 0.333. The smallest absolute Gasteiger partial charge is 0.347 e. The quantitative estimate of drug-likeness (QED) is 0.223. The number of ether oxygens (including phenoxy) is 3. The predicted molar refractivity (Wildman–Crippen MR) is 198 cm³/mol. The van der Waals surface area contributed by atoms with E-state index in [-0.39, 0.29) is 37.4 Å². The topological polar surface area (TPSA) is 166 Å². The summed E-state index contributed by atoms with van der Waals surface area (Å²) >= 11 is 27.2. The first-order chi connectivity index (χ1) is 25.7. The van der Waals surface area contributed by atoms with Crippen LogP contribution in [0.15, 0.2) is 78.3 Å². The molecule has 2 aromatic carbocycles. The minimum absolute atomic E-state index is 0.0282. The molecule has 1 N–H and O–H groups in total. The maximum atomic E-state index is 14.3. The second kappa shape index (κ2) is 12.7. The van der Waals surface area contributed by atoms with Crippen LogP contribution in [0.5, 0.6) is 23.0 Å². The molecule has 4 heterocycles. The number of fused-ring (bicyclic) bond motifs is 6. The highest BCUT2D eigenvalue weighted by atomic mass is 35.5. The number of benzene rings is 2. The zero-order valence-corrected chi connectivity index (χ0v) is 31.7. The predicted octanol–water partition coefficient (Wildman–Crippen LogP) is 3.84. The van der Waals surface area contributed by atoms with Crippen molar-refractivity contribution in [3.05, 3.63) is 106 Å². The number of alkyl halides is 2. The van der Waals surface area contributed by atoms with Crippen molar-refractivity contribution >= 4 is 69.0 Å². The van der Waals surface area contributed by atoms with Crippen LogP contribution in [0.25, 0.3) is 11.0 Å². The van der Waals surface area contributed by atoms with Crippen LogP contribution >= 0.6 is 46.4 Å². The number of Topliss-reactive ketones (excluding diaryl/α,β-unsaturated/α-hetero) is 2. The summed E-state index contributed by atoms with van der Waals surface area (Å²) in [5, 5.41) is 9.05. The van der Waals surface area contributed by atoms with Gasteiger partial charge < -0.3 is 23.9 Å². The number of hydrogen-bond acceptors (Lipinski definition) is 10. The van der Waals surface area contributed by atoms with Crippen LogP contribution < -0.4 is 31.1 Å². The summed E-state index contributed by atoms with van der Waals surface area (Å²) in [6, 6.07) is 6.73. The molecule has 2 aliphatic carbocycles. The third-order valence-corrected chi connectivity index (χ3v) is 13.0. The fourth-order valence-corrected chi connectivity index (χ4v) is 9.65. The van der Waals surface area contributed by atoms with E-state index < -0.39 is 66.7 Å². The van der Waals surface area contributed by atoms with Gasteiger partial charge in [-0.1, -0.05) is 29.3 Å². The largest absolute Gasteiger partial charge is 0.508 e. The van der Waals surface area contributed by atoms with Crippen molar-refractivity contribution in [1.29, 1.82) is 0 Å².